The Morgan fingerprint density at radius 2 is 1.97 bits per heavy atom. The fraction of sp³-hybridized carbons (Fsp3) is 0.393. The van der Waals surface area contributed by atoms with E-state index >= 15 is 0 Å². The van der Waals surface area contributed by atoms with Gasteiger partial charge in [0, 0.05) is 19.2 Å². The van der Waals surface area contributed by atoms with Gasteiger partial charge in [0.25, 0.3) is 5.91 Å². The maximum atomic E-state index is 14.0. The van der Waals surface area contributed by atoms with Crippen LogP contribution in [0.4, 0.5) is 5.69 Å². The molecule has 0 saturated carbocycles. The van der Waals surface area contributed by atoms with Crippen molar-refractivity contribution in [2.75, 3.05) is 31.8 Å². The minimum Gasteiger partial charge on any atom is -0.491 e. The van der Waals surface area contributed by atoms with Gasteiger partial charge < -0.3 is 18.8 Å². The molecule has 1 aliphatic rings. The highest BCUT2D eigenvalue weighted by Gasteiger charge is 2.37. The Morgan fingerprint density at radius 1 is 1.21 bits per heavy atom. The molecule has 0 aliphatic carbocycles. The van der Waals surface area contributed by atoms with Crippen molar-refractivity contribution in [2.24, 2.45) is 0 Å². The van der Waals surface area contributed by atoms with E-state index in [2.05, 4.69) is 38.8 Å². The first kappa shape index (κ1) is 28.3. The van der Waals surface area contributed by atoms with Crippen molar-refractivity contribution in [1.29, 1.82) is 0 Å². The van der Waals surface area contributed by atoms with Gasteiger partial charge in [-0.05, 0) is 60.1 Å². The van der Waals surface area contributed by atoms with E-state index in [9.17, 15) is 9.59 Å². The smallest absolute Gasteiger partial charge is 0.337 e. The van der Waals surface area contributed by atoms with Gasteiger partial charge in [0.2, 0.25) is 0 Å². The van der Waals surface area contributed by atoms with Gasteiger partial charge in [-0.2, -0.15) is 0 Å². The standard InChI is InChI=1S/C28H33ClN2O5SSi/c1-28(2,3)38(5,6)36-15-13-31(21-10-9-19(16-20(21)29)27(33)34-4)26(32)23-17-18-11-14-35-22-8-7-12-30-24(22)25(18)37-23/h7-10,12,16-17H,11,13-15H2,1-6H3. The van der Waals surface area contributed by atoms with Gasteiger partial charge in [-0.1, -0.05) is 32.4 Å². The van der Waals surface area contributed by atoms with Gasteiger partial charge >= 0.3 is 5.97 Å². The van der Waals surface area contributed by atoms with Crippen LogP contribution in [0.2, 0.25) is 23.2 Å². The van der Waals surface area contributed by atoms with Crippen LogP contribution >= 0.6 is 22.9 Å². The molecule has 0 atom stereocenters. The number of hydrogen-bond acceptors (Lipinski definition) is 7. The zero-order chi connectivity index (χ0) is 27.7. The van der Waals surface area contributed by atoms with Crippen molar-refractivity contribution in [3.05, 3.63) is 63.6 Å². The van der Waals surface area contributed by atoms with Crippen LogP contribution in [0.1, 0.15) is 46.4 Å². The van der Waals surface area contributed by atoms with Gasteiger partial charge in [0.1, 0.15) is 11.4 Å². The van der Waals surface area contributed by atoms with Crippen LogP contribution in [0.25, 0.3) is 10.6 Å². The highest BCUT2D eigenvalue weighted by Crippen LogP contribution is 2.40. The second-order valence-electron chi connectivity index (χ2n) is 10.6. The molecule has 7 nitrogen and oxygen atoms in total. The quantitative estimate of drug-likeness (QED) is 0.227. The Hall–Kier alpha value is -2.72. The van der Waals surface area contributed by atoms with Crippen LogP contribution in [0.5, 0.6) is 5.75 Å². The number of nitrogens with zero attached hydrogens (tertiary/aromatic N) is 2. The maximum Gasteiger partial charge on any atom is 0.337 e. The normalized spacial score (nSPS) is 13.1. The van der Waals surface area contributed by atoms with Gasteiger partial charge in [-0.15, -0.1) is 11.3 Å². The van der Waals surface area contributed by atoms with Crippen molar-refractivity contribution in [2.45, 2.75) is 45.3 Å². The third-order valence-corrected chi connectivity index (χ3v) is 13.1. The van der Waals surface area contributed by atoms with Gasteiger partial charge in [0.15, 0.2) is 8.32 Å². The van der Waals surface area contributed by atoms with Crippen LogP contribution in [-0.4, -0.2) is 52.0 Å². The van der Waals surface area contributed by atoms with E-state index in [1.165, 1.54) is 24.5 Å². The Morgan fingerprint density at radius 3 is 2.66 bits per heavy atom. The Kier molecular flexibility index (Phi) is 8.32. The molecule has 0 radical (unpaired) electrons. The number of esters is 1. The number of carbonyl (C=O) groups is 2. The minimum atomic E-state index is -2.03. The van der Waals surface area contributed by atoms with E-state index in [0.717, 1.165) is 16.1 Å². The van der Waals surface area contributed by atoms with Gasteiger partial charge in [-0.3, -0.25) is 9.78 Å². The van der Waals surface area contributed by atoms with E-state index in [0.29, 0.717) is 48.1 Å². The number of carbonyl (C=O) groups excluding carboxylic acids is 2. The van der Waals surface area contributed by atoms with E-state index in [4.69, 9.17) is 25.5 Å². The number of anilines is 1. The number of aromatic nitrogens is 1. The first-order chi connectivity index (χ1) is 17.9. The number of thiophene rings is 1. The second kappa shape index (κ2) is 11.2. The molecule has 202 valence electrons. The van der Waals surface area contributed by atoms with Gasteiger partial charge in [0.05, 0.1) is 46.4 Å². The van der Waals surface area contributed by atoms with Crippen molar-refractivity contribution >= 4 is 48.8 Å². The molecule has 0 spiro atoms. The van der Waals surface area contributed by atoms with E-state index < -0.39 is 14.3 Å². The number of rotatable bonds is 7. The summed E-state index contributed by atoms with van der Waals surface area (Å²) in [5.74, 6) is 0.0363. The van der Waals surface area contributed by atoms with E-state index in [1.807, 2.05) is 18.2 Å². The number of fused-ring (bicyclic) bond motifs is 3. The summed E-state index contributed by atoms with van der Waals surface area (Å²) in [6.45, 7) is 12.1. The SMILES string of the molecule is COC(=O)c1ccc(N(CCO[Si](C)(C)C(C)(C)C)C(=O)c2cc3c(s2)-c2ncccc2OCC3)c(Cl)c1. The lowest BCUT2D eigenvalue weighted by Crippen LogP contribution is -2.43. The summed E-state index contributed by atoms with van der Waals surface area (Å²) < 4.78 is 17.1. The maximum absolute atomic E-state index is 14.0. The summed E-state index contributed by atoms with van der Waals surface area (Å²) in [7, 11) is -0.718. The van der Waals surface area contributed by atoms with Crippen molar-refractivity contribution < 1.29 is 23.5 Å². The van der Waals surface area contributed by atoms with Gasteiger partial charge in [-0.25, -0.2) is 4.79 Å². The molecule has 0 bridgehead atoms. The molecule has 1 amide bonds. The number of halogens is 1. The average molecular weight is 573 g/mol. The summed E-state index contributed by atoms with van der Waals surface area (Å²) in [5.41, 5.74) is 2.60. The number of pyridine rings is 1. The van der Waals surface area contributed by atoms with Crippen LogP contribution in [-0.2, 0) is 15.6 Å². The second-order valence-corrected chi connectivity index (χ2v) is 16.9. The number of hydrogen-bond donors (Lipinski definition) is 0. The number of ether oxygens (including phenoxy) is 2. The molecule has 3 aromatic rings. The summed E-state index contributed by atoms with van der Waals surface area (Å²) in [6.07, 6.45) is 2.41. The lowest BCUT2D eigenvalue weighted by Gasteiger charge is -2.37. The molecule has 3 heterocycles. The fourth-order valence-electron chi connectivity index (χ4n) is 3.91. The first-order valence-corrected chi connectivity index (χ1v) is 16.6. The summed E-state index contributed by atoms with van der Waals surface area (Å²) >= 11 is 8.03. The molecular weight excluding hydrogens is 540 g/mol. The zero-order valence-electron chi connectivity index (χ0n) is 22.6. The molecule has 1 aliphatic heterocycles. The molecule has 0 N–H and O–H groups in total. The molecule has 2 aromatic heterocycles. The molecular formula is C28H33ClN2O5SSi. The van der Waals surface area contributed by atoms with Crippen LogP contribution < -0.4 is 9.64 Å². The highest BCUT2D eigenvalue weighted by molar-refractivity contribution is 7.17. The molecule has 0 fully saturated rings. The predicted octanol–water partition coefficient (Wildman–Crippen LogP) is 6.85. The first-order valence-electron chi connectivity index (χ1n) is 12.5. The van der Waals surface area contributed by atoms with Crippen molar-refractivity contribution in [3.63, 3.8) is 0 Å². The fourth-order valence-corrected chi connectivity index (χ4v) is 6.39. The summed E-state index contributed by atoms with van der Waals surface area (Å²) in [5, 5.41) is 0.321. The summed E-state index contributed by atoms with van der Waals surface area (Å²) in [4.78, 5) is 33.7. The predicted molar refractivity (Wildman–Crippen MR) is 154 cm³/mol. The van der Waals surface area contributed by atoms with Crippen molar-refractivity contribution in [1.82, 2.24) is 4.98 Å². The zero-order valence-corrected chi connectivity index (χ0v) is 25.2. The average Bonchev–Trinajstić information content (AvgIpc) is 3.22. The monoisotopic (exact) mass is 572 g/mol. The number of amides is 1. The van der Waals surface area contributed by atoms with E-state index in [1.54, 1.807) is 23.2 Å². The van der Waals surface area contributed by atoms with Crippen LogP contribution in [0.3, 0.4) is 0 Å². The Labute approximate surface area is 233 Å². The lowest BCUT2D eigenvalue weighted by molar-refractivity contribution is 0.0600. The Bertz CT molecular complexity index is 1350. The number of methoxy groups -OCH3 is 1. The number of benzene rings is 1. The molecule has 1 aromatic carbocycles. The largest absolute Gasteiger partial charge is 0.491 e. The third-order valence-electron chi connectivity index (χ3n) is 7.12. The lowest BCUT2D eigenvalue weighted by atomic mass is 10.1. The van der Waals surface area contributed by atoms with Crippen LogP contribution in [0.15, 0.2) is 42.6 Å². The topological polar surface area (TPSA) is 78.0 Å². The van der Waals surface area contributed by atoms with Crippen LogP contribution in [0, 0.1) is 0 Å². The Balaban J connectivity index is 1.69. The molecule has 10 heteroatoms. The minimum absolute atomic E-state index is 0.0371. The molecule has 38 heavy (non-hydrogen) atoms. The molecule has 4 rings (SSSR count). The van der Waals surface area contributed by atoms with E-state index in [-0.39, 0.29) is 16.0 Å². The molecule has 0 saturated heterocycles. The summed E-state index contributed by atoms with van der Waals surface area (Å²) in [6, 6.07) is 10.5. The van der Waals surface area contributed by atoms with Crippen molar-refractivity contribution in [3.8, 4) is 16.3 Å². The third kappa shape index (κ3) is 5.81. The molecule has 0 unspecified atom stereocenters. The highest BCUT2D eigenvalue weighted by atomic mass is 35.5.